The first-order valence-electron chi connectivity index (χ1n) is 7.15. The first kappa shape index (κ1) is 16.7. The number of imidazole rings is 1. The highest BCUT2D eigenvalue weighted by atomic mass is 32.1. The lowest BCUT2D eigenvalue weighted by Crippen LogP contribution is -2.37. The number of nitrogens with zero attached hydrogens (tertiary/aromatic N) is 3. The van der Waals surface area contributed by atoms with E-state index in [1.54, 1.807) is 0 Å². The Labute approximate surface area is 142 Å². The summed E-state index contributed by atoms with van der Waals surface area (Å²) in [6.07, 6.45) is 0. The average molecular weight is 335 g/mol. The highest BCUT2D eigenvalue weighted by Crippen LogP contribution is 2.31. The maximum atomic E-state index is 5.56. The molecular formula is C16H22N4S2. The zero-order valence-corrected chi connectivity index (χ0v) is 15.3. The molecule has 0 radical (unpaired) electrons. The summed E-state index contributed by atoms with van der Waals surface area (Å²) in [6, 6.07) is 10.4. The Bertz CT molecular complexity index is 731. The molecule has 0 amide bonds. The molecule has 0 spiro atoms. The SMILES string of the molecule is CNC(=S)N(C)C(C)c1c(-c2ccccc2)n(C)c(=S)n1C. The Morgan fingerprint density at radius 3 is 2.32 bits per heavy atom. The van der Waals surface area contributed by atoms with Crippen molar-refractivity contribution in [3.63, 3.8) is 0 Å². The molecule has 1 unspecified atom stereocenters. The minimum atomic E-state index is 0.100. The van der Waals surface area contributed by atoms with Crippen LogP contribution in [0.1, 0.15) is 18.7 Å². The second-order valence-corrected chi connectivity index (χ2v) is 6.09. The molecule has 1 N–H and O–H groups in total. The topological polar surface area (TPSA) is 25.1 Å². The van der Waals surface area contributed by atoms with E-state index in [2.05, 4.69) is 33.5 Å². The van der Waals surface area contributed by atoms with Crippen LogP contribution in [0.5, 0.6) is 0 Å². The molecule has 0 saturated carbocycles. The molecule has 2 aromatic rings. The molecule has 0 saturated heterocycles. The van der Waals surface area contributed by atoms with Gasteiger partial charge in [0, 0.05) is 33.8 Å². The van der Waals surface area contributed by atoms with Crippen LogP contribution in [0.25, 0.3) is 11.3 Å². The molecule has 1 aromatic heterocycles. The Morgan fingerprint density at radius 1 is 1.18 bits per heavy atom. The summed E-state index contributed by atoms with van der Waals surface area (Å²) < 4.78 is 4.92. The molecule has 0 aliphatic carbocycles. The van der Waals surface area contributed by atoms with E-state index in [-0.39, 0.29) is 6.04 Å². The number of aromatic nitrogens is 2. The van der Waals surface area contributed by atoms with Gasteiger partial charge in [-0.2, -0.15) is 0 Å². The molecule has 1 atom stereocenters. The zero-order chi connectivity index (χ0) is 16.4. The van der Waals surface area contributed by atoms with Crippen molar-refractivity contribution in [1.82, 2.24) is 19.4 Å². The van der Waals surface area contributed by atoms with Crippen LogP contribution in [0, 0.1) is 4.77 Å². The number of hydrogen-bond acceptors (Lipinski definition) is 2. The molecule has 0 aliphatic rings. The zero-order valence-electron chi connectivity index (χ0n) is 13.6. The van der Waals surface area contributed by atoms with Crippen LogP contribution in [-0.4, -0.2) is 33.2 Å². The third-order valence-electron chi connectivity index (χ3n) is 4.07. The van der Waals surface area contributed by atoms with Crippen molar-refractivity contribution in [2.75, 3.05) is 14.1 Å². The van der Waals surface area contributed by atoms with E-state index in [0.717, 1.165) is 21.7 Å². The van der Waals surface area contributed by atoms with Gasteiger partial charge in [-0.1, -0.05) is 30.3 Å². The molecule has 118 valence electrons. The number of rotatable bonds is 3. The Hall–Kier alpha value is -1.66. The predicted molar refractivity (Wildman–Crippen MR) is 98.5 cm³/mol. The van der Waals surface area contributed by atoms with Gasteiger partial charge in [0.2, 0.25) is 0 Å². The fourth-order valence-corrected chi connectivity index (χ4v) is 3.05. The Kier molecular flexibility index (Phi) is 5.03. The smallest absolute Gasteiger partial charge is 0.180 e. The second-order valence-electron chi connectivity index (χ2n) is 5.34. The molecule has 0 aliphatic heterocycles. The van der Waals surface area contributed by atoms with E-state index in [0.29, 0.717) is 5.11 Å². The quantitative estimate of drug-likeness (QED) is 0.871. The summed E-state index contributed by atoms with van der Waals surface area (Å²) in [5, 5.41) is 3.74. The Morgan fingerprint density at radius 2 is 1.77 bits per heavy atom. The summed E-state index contributed by atoms with van der Waals surface area (Å²) >= 11 is 10.9. The molecule has 6 heteroatoms. The van der Waals surface area contributed by atoms with Gasteiger partial charge in [-0.15, -0.1) is 0 Å². The summed E-state index contributed by atoms with van der Waals surface area (Å²) in [4.78, 5) is 2.05. The van der Waals surface area contributed by atoms with Crippen molar-refractivity contribution >= 4 is 29.5 Å². The van der Waals surface area contributed by atoms with Gasteiger partial charge in [0.15, 0.2) is 9.88 Å². The van der Waals surface area contributed by atoms with Gasteiger partial charge in [-0.25, -0.2) is 0 Å². The lowest BCUT2D eigenvalue weighted by atomic mass is 10.1. The van der Waals surface area contributed by atoms with Crippen molar-refractivity contribution in [1.29, 1.82) is 0 Å². The Balaban J connectivity index is 2.64. The maximum absolute atomic E-state index is 5.56. The van der Waals surface area contributed by atoms with Crippen molar-refractivity contribution in [2.45, 2.75) is 13.0 Å². The van der Waals surface area contributed by atoms with Crippen LogP contribution in [0.15, 0.2) is 30.3 Å². The van der Waals surface area contributed by atoms with Gasteiger partial charge in [0.25, 0.3) is 0 Å². The third kappa shape index (κ3) is 2.80. The van der Waals surface area contributed by atoms with Gasteiger partial charge >= 0.3 is 0 Å². The minimum Gasteiger partial charge on any atom is -0.366 e. The number of thiocarbonyl (C=S) groups is 1. The molecule has 1 aromatic carbocycles. The maximum Gasteiger partial charge on any atom is 0.180 e. The predicted octanol–water partition coefficient (Wildman–Crippen LogP) is 3.26. The van der Waals surface area contributed by atoms with Crippen LogP contribution in [0.2, 0.25) is 0 Å². The van der Waals surface area contributed by atoms with Gasteiger partial charge < -0.3 is 19.4 Å². The molecule has 4 nitrogen and oxygen atoms in total. The van der Waals surface area contributed by atoms with Gasteiger partial charge in [-0.05, 0) is 31.4 Å². The van der Waals surface area contributed by atoms with Crippen LogP contribution >= 0.6 is 24.4 Å². The number of hydrogen-bond donors (Lipinski definition) is 1. The molecule has 2 rings (SSSR count). The fourth-order valence-electron chi connectivity index (χ4n) is 2.71. The van der Waals surface area contributed by atoms with E-state index in [9.17, 15) is 0 Å². The molecule has 22 heavy (non-hydrogen) atoms. The van der Waals surface area contributed by atoms with E-state index in [4.69, 9.17) is 24.4 Å². The summed E-state index contributed by atoms with van der Waals surface area (Å²) in [5.41, 5.74) is 3.44. The molecule has 0 bridgehead atoms. The highest BCUT2D eigenvalue weighted by Gasteiger charge is 2.24. The largest absolute Gasteiger partial charge is 0.366 e. The van der Waals surface area contributed by atoms with Crippen LogP contribution in [0.4, 0.5) is 0 Å². The summed E-state index contributed by atoms with van der Waals surface area (Å²) in [7, 11) is 7.86. The van der Waals surface area contributed by atoms with E-state index in [1.807, 2.05) is 51.3 Å². The van der Waals surface area contributed by atoms with Crippen LogP contribution in [-0.2, 0) is 14.1 Å². The van der Waals surface area contributed by atoms with Gasteiger partial charge in [0.05, 0.1) is 17.4 Å². The second kappa shape index (κ2) is 6.62. The average Bonchev–Trinajstić information content (AvgIpc) is 2.77. The highest BCUT2D eigenvalue weighted by molar-refractivity contribution is 7.80. The van der Waals surface area contributed by atoms with Crippen molar-refractivity contribution < 1.29 is 0 Å². The molecule has 1 heterocycles. The first-order valence-corrected chi connectivity index (χ1v) is 7.97. The van der Waals surface area contributed by atoms with E-state index < -0.39 is 0 Å². The van der Waals surface area contributed by atoms with Crippen LogP contribution < -0.4 is 5.32 Å². The summed E-state index contributed by atoms with van der Waals surface area (Å²) in [6.45, 7) is 2.14. The van der Waals surface area contributed by atoms with E-state index >= 15 is 0 Å². The molecule has 0 fully saturated rings. The summed E-state index contributed by atoms with van der Waals surface area (Å²) in [5.74, 6) is 0. The lowest BCUT2D eigenvalue weighted by Gasteiger charge is -2.28. The van der Waals surface area contributed by atoms with Crippen molar-refractivity contribution in [2.24, 2.45) is 14.1 Å². The normalized spacial score (nSPS) is 12.0. The monoisotopic (exact) mass is 334 g/mol. The van der Waals surface area contributed by atoms with Gasteiger partial charge in [0.1, 0.15) is 0 Å². The fraction of sp³-hybridized carbons (Fsp3) is 0.375. The number of nitrogens with one attached hydrogen (secondary N) is 1. The number of benzene rings is 1. The lowest BCUT2D eigenvalue weighted by molar-refractivity contribution is 0.384. The molecular weight excluding hydrogens is 312 g/mol. The van der Waals surface area contributed by atoms with Gasteiger partial charge in [-0.3, -0.25) is 0 Å². The van der Waals surface area contributed by atoms with Crippen molar-refractivity contribution in [3.8, 4) is 11.3 Å². The first-order chi connectivity index (χ1) is 10.4. The third-order valence-corrected chi connectivity index (χ3v) is 5.11. The standard InChI is InChI=1S/C16H22N4S2/c1-11(18(3)15(21)17-2)13-14(12-9-7-6-8-10-12)20(5)16(22)19(13)4/h6-11H,1-5H3,(H,17,21). The van der Waals surface area contributed by atoms with Crippen LogP contribution in [0.3, 0.4) is 0 Å². The minimum absolute atomic E-state index is 0.100. The van der Waals surface area contributed by atoms with Crippen molar-refractivity contribution in [3.05, 3.63) is 40.8 Å². The van der Waals surface area contributed by atoms with E-state index in [1.165, 1.54) is 0 Å².